The molecule has 0 unspecified atom stereocenters. The average molecular weight is 344 g/mol. The number of halogens is 3. The summed E-state index contributed by atoms with van der Waals surface area (Å²) in [6, 6.07) is 3.67. The molecular weight excluding hydrogens is 321 g/mol. The molecule has 1 aromatic rings. The molecule has 0 aliphatic heterocycles. The molecule has 0 amide bonds. The number of aromatic nitrogens is 1. The molecule has 1 aliphatic carbocycles. The monoisotopic (exact) mass is 344 g/mol. The maximum absolute atomic E-state index is 12.2. The first-order valence-electron chi connectivity index (χ1n) is 8.09. The Labute approximate surface area is 139 Å². The number of nitrogens with zero attached hydrogens (tertiary/aromatic N) is 2. The molecule has 1 fully saturated rings. The van der Waals surface area contributed by atoms with Crippen LogP contribution in [-0.2, 0) is 6.54 Å². The van der Waals surface area contributed by atoms with Gasteiger partial charge in [-0.1, -0.05) is 0 Å². The van der Waals surface area contributed by atoms with E-state index in [1.165, 1.54) is 19.9 Å². The zero-order chi connectivity index (χ0) is 17.4. The van der Waals surface area contributed by atoms with E-state index in [9.17, 15) is 13.2 Å². The molecule has 0 radical (unpaired) electrons. The Morgan fingerprint density at radius 1 is 1.33 bits per heavy atom. The number of aliphatic imine (C=N–C) groups is 1. The number of rotatable bonds is 6. The van der Waals surface area contributed by atoms with Gasteiger partial charge in [-0.15, -0.1) is 0 Å². The molecule has 0 bridgehead atoms. The summed E-state index contributed by atoms with van der Waals surface area (Å²) >= 11 is 0. The lowest BCUT2D eigenvalue weighted by Crippen LogP contribution is -2.38. The van der Waals surface area contributed by atoms with Crippen LogP contribution in [-0.4, -0.2) is 36.8 Å². The fourth-order valence-electron chi connectivity index (χ4n) is 2.53. The van der Waals surface area contributed by atoms with E-state index in [1.807, 2.05) is 12.1 Å². The SMILES string of the molecule is CN=C(NCCC(F)(F)F)NCc1ccnc(OC2CCCC2)c1. The first kappa shape index (κ1) is 18.4. The third-order valence-corrected chi connectivity index (χ3v) is 3.77. The first-order valence-corrected chi connectivity index (χ1v) is 8.09. The summed E-state index contributed by atoms with van der Waals surface area (Å²) in [5.41, 5.74) is 0.928. The van der Waals surface area contributed by atoms with E-state index in [4.69, 9.17) is 4.74 Å². The van der Waals surface area contributed by atoms with E-state index in [-0.39, 0.29) is 12.6 Å². The highest BCUT2D eigenvalue weighted by molar-refractivity contribution is 5.79. The van der Waals surface area contributed by atoms with Gasteiger partial charge < -0.3 is 15.4 Å². The largest absolute Gasteiger partial charge is 0.474 e. The fraction of sp³-hybridized carbons (Fsp3) is 0.625. The molecule has 0 atom stereocenters. The van der Waals surface area contributed by atoms with Crippen molar-refractivity contribution < 1.29 is 17.9 Å². The smallest absolute Gasteiger partial charge is 0.390 e. The predicted molar refractivity (Wildman–Crippen MR) is 86.0 cm³/mol. The van der Waals surface area contributed by atoms with Gasteiger partial charge in [-0.05, 0) is 37.3 Å². The van der Waals surface area contributed by atoms with Gasteiger partial charge in [0.2, 0.25) is 5.88 Å². The Bertz CT molecular complexity index is 542. The van der Waals surface area contributed by atoms with Crippen LogP contribution >= 0.6 is 0 Å². The molecule has 24 heavy (non-hydrogen) atoms. The number of alkyl halides is 3. The van der Waals surface area contributed by atoms with Gasteiger partial charge in [-0.3, -0.25) is 4.99 Å². The predicted octanol–water partition coefficient (Wildman–Crippen LogP) is 3.02. The zero-order valence-corrected chi connectivity index (χ0v) is 13.7. The third-order valence-electron chi connectivity index (χ3n) is 3.77. The Kier molecular flexibility index (Phi) is 6.69. The molecule has 0 saturated heterocycles. The molecule has 5 nitrogen and oxygen atoms in total. The maximum atomic E-state index is 12.2. The van der Waals surface area contributed by atoms with Crippen LogP contribution in [0.3, 0.4) is 0 Å². The van der Waals surface area contributed by atoms with Gasteiger partial charge in [0.25, 0.3) is 0 Å². The minimum absolute atomic E-state index is 0.213. The second-order valence-electron chi connectivity index (χ2n) is 5.74. The Morgan fingerprint density at radius 2 is 2.08 bits per heavy atom. The number of nitrogens with one attached hydrogen (secondary N) is 2. The van der Waals surface area contributed by atoms with E-state index in [0.717, 1.165) is 18.4 Å². The molecular formula is C16H23F3N4O. The minimum atomic E-state index is -4.18. The summed E-state index contributed by atoms with van der Waals surface area (Å²) in [6.45, 7) is 0.213. The summed E-state index contributed by atoms with van der Waals surface area (Å²) in [5.74, 6) is 0.913. The number of hydrogen-bond donors (Lipinski definition) is 2. The third kappa shape index (κ3) is 6.64. The Hall–Kier alpha value is -1.99. The molecule has 134 valence electrons. The second-order valence-corrected chi connectivity index (χ2v) is 5.74. The highest BCUT2D eigenvalue weighted by atomic mass is 19.4. The highest BCUT2D eigenvalue weighted by Gasteiger charge is 2.26. The number of ether oxygens (including phenoxy) is 1. The van der Waals surface area contributed by atoms with Crippen molar-refractivity contribution >= 4 is 5.96 Å². The minimum Gasteiger partial charge on any atom is -0.474 e. The molecule has 1 heterocycles. The van der Waals surface area contributed by atoms with Crippen LogP contribution in [0.1, 0.15) is 37.7 Å². The first-order chi connectivity index (χ1) is 11.5. The molecule has 2 N–H and O–H groups in total. The van der Waals surface area contributed by atoms with Crippen molar-refractivity contribution in [1.29, 1.82) is 0 Å². The molecule has 1 aliphatic rings. The van der Waals surface area contributed by atoms with Crippen LogP contribution in [0.25, 0.3) is 0 Å². The quantitative estimate of drug-likeness (QED) is 0.615. The van der Waals surface area contributed by atoms with E-state index < -0.39 is 12.6 Å². The summed E-state index contributed by atoms with van der Waals surface area (Å²) in [7, 11) is 1.52. The van der Waals surface area contributed by atoms with Gasteiger partial charge >= 0.3 is 6.18 Å². The van der Waals surface area contributed by atoms with Gasteiger partial charge in [0.1, 0.15) is 6.10 Å². The van der Waals surface area contributed by atoms with E-state index >= 15 is 0 Å². The van der Waals surface area contributed by atoms with Gasteiger partial charge in [0.05, 0.1) is 6.42 Å². The number of pyridine rings is 1. The summed E-state index contributed by atoms with van der Waals surface area (Å²) in [6.07, 6.45) is 1.31. The van der Waals surface area contributed by atoms with Crippen LogP contribution in [0.2, 0.25) is 0 Å². The Morgan fingerprint density at radius 3 is 2.75 bits per heavy atom. The zero-order valence-electron chi connectivity index (χ0n) is 13.7. The summed E-state index contributed by atoms with van der Waals surface area (Å²) in [4.78, 5) is 8.11. The van der Waals surface area contributed by atoms with E-state index in [2.05, 4.69) is 20.6 Å². The molecule has 0 spiro atoms. The van der Waals surface area contributed by atoms with Crippen LogP contribution in [0, 0.1) is 0 Å². The van der Waals surface area contributed by atoms with Crippen molar-refractivity contribution in [3.05, 3.63) is 23.9 Å². The molecule has 1 saturated carbocycles. The highest BCUT2D eigenvalue weighted by Crippen LogP contribution is 2.23. The van der Waals surface area contributed by atoms with Gasteiger partial charge in [0, 0.05) is 32.4 Å². The summed E-state index contributed by atoms with van der Waals surface area (Å²) in [5, 5.41) is 5.62. The van der Waals surface area contributed by atoms with Gasteiger partial charge in [-0.25, -0.2) is 4.98 Å². The topological polar surface area (TPSA) is 58.5 Å². The van der Waals surface area contributed by atoms with Crippen LogP contribution in [0.5, 0.6) is 5.88 Å². The lowest BCUT2D eigenvalue weighted by molar-refractivity contribution is -0.132. The van der Waals surface area contributed by atoms with Crippen molar-refractivity contribution in [2.24, 2.45) is 4.99 Å². The molecule has 1 aromatic heterocycles. The standard InChI is InChI=1S/C16H23F3N4O/c1-20-15(22-9-7-16(17,18)19)23-11-12-6-8-21-14(10-12)24-13-4-2-3-5-13/h6,8,10,13H,2-5,7,9,11H2,1H3,(H2,20,22,23). The lowest BCUT2D eigenvalue weighted by Gasteiger charge is -2.14. The lowest BCUT2D eigenvalue weighted by atomic mass is 10.2. The maximum Gasteiger partial charge on any atom is 0.390 e. The van der Waals surface area contributed by atoms with Crippen molar-refractivity contribution in [3.63, 3.8) is 0 Å². The van der Waals surface area contributed by atoms with E-state index in [1.54, 1.807) is 6.20 Å². The normalized spacial score (nSPS) is 16.2. The molecule has 2 rings (SSSR count). The Balaban J connectivity index is 1.79. The molecule has 0 aromatic carbocycles. The summed E-state index contributed by atoms with van der Waals surface area (Å²) < 4.78 is 42.3. The van der Waals surface area contributed by atoms with Crippen LogP contribution < -0.4 is 15.4 Å². The van der Waals surface area contributed by atoms with E-state index in [0.29, 0.717) is 18.4 Å². The van der Waals surface area contributed by atoms with Crippen molar-refractivity contribution in [3.8, 4) is 5.88 Å². The van der Waals surface area contributed by atoms with Crippen molar-refractivity contribution in [2.45, 2.75) is 50.9 Å². The van der Waals surface area contributed by atoms with Crippen LogP contribution in [0.4, 0.5) is 13.2 Å². The second kappa shape index (κ2) is 8.75. The average Bonchev–Trinajstić information content (AvgIpc) is 3.03. The van der Waals surface area contributed by atoms with Crippen LogP contribution in [0.15, 0.2) is 23.3 Å². The van der Waals surface area contributed by atoms with Crippen molar-refractivity contribution in [1.82, 2.24) is 15.6 Å². The van der Waals surface area contributed by atoms with Gasteiger partial charge in [-0.2, -0.15) is 13.2 Å². The fourth-order valence-corrected chi connectivity index (χ4v) is 2.53. The van der Waals surface area contributed by atoms with Crippen molar-refractivity contribution in [2.75, 3.05) is 13.6 Å². The van der Waals surface area contributed by atoms with Gasteiger partial charge in [0.15, 0.2) is 5.96 Å². The number of hydrogen-bond acceptors (Lipinski definition) is 3. The number of guanidine groups is 1. The molecule has 8 heteroatoms.